The van der Waals surface area contributed by atoms with Gasteiger partial charge in [0, 0.05) is 30.8 Å². The molecule has 0 saturated carbocycles. The van der Waals surface area contributed by atoms with Gasteiger partial charge in [0.2, 0.25) is 0 Å². The molecule has 4 aromatic rings. The van der Waals surface area contributed by atoms with Crippen molar-refractivity contribution in [3.63, 3.8) is 0 Å². The number of ether oxygens (including phenoxy) is 5. The molecular formula is C33H28N4O14. The summed E-state index contributed by atoms with van der Waals surface area (Å²) >= 11 is 0. The van der Waals surface area contributed by atoms with Crippen molar-refractivity contribution in [1.82, 2.24) is 5.32 Å². The fourth-order valence-electron chi connectivity index (χ4n) is 4.79. The van der Waals surface area contributed by atoms with Crippen molar-refractivity contribution in [1.29, 1.82) is 0 Å². The molecule has 51 heavy (non-hydrogen) atoms. The molecule has 18 nitrogen and oxygen atoms in total. The van der Waals surface area contributed by atoms with Crippen molar-refractivity contribution in [3.8, 4) is 28.7 Å². The molecule has 2 unspecified atom stereocenters. The Morgan fingerprint density at radius 1 is 0.745 bits per heavy atom. The third-order valence-corrected chi connectivity index (χ3v) is 7.25. The Balaban J connectivity index is 1.27. The summed E-state index contributed by atoms with van der Waals surface area (Å²) in [5.41, 5.74) is -0.303. The molecule has 2 N–H and O–H groups in total. The van der Waals surface area contributed by atoms with E-state index in [0.29, 0.717) is 12.0 Å². The van der Waals surface area contributed by atoms with E-state index in [0.717, 1.165) is 24.3 Å². The summed E-state index contributed by atoms with van der Waals surface area (Å²) in [6, 6.07) is 19.1. The number of non-ortho nitro benzene ring substituents is 3. The summed E-state index contributed by atoms with van der Waals surface area (Å²) < 4.78 is 27.5. The molecule has 264 valence electrons. The maximum Gasteiger partial charge on any atom is 0.454 e. The van der Waals surface area contributed by atoms with Gasteiger partial charge in [0.15, 0.2) is 11.5 Å². The fourth-order valence-corrected chi connectivity index (χ4v) is 4.79. The van der Waals surface area contributed by atoms with Crippen LogP contribution in [0.3, 0.4) is 0 Å². The first-order valence-electron chi connectivity index (χ1n) is 15.1. The molecule has 0 saturated heterocycles. The zero-order valence-corrected chi connectivity index (χ0v) is 26.5. The number of benzene rings is 4. The van der Waals surface area contributed by atoms with Gasteiger partial charge in [-0.3, -0.25) is 30.3 Å². The Kier molecular flexibility index (Phi) is 10.7. The molecule has 0 fully saturated rings. The summed E-state index contributed by atoms with van der Waals surface area (Å²) in [4.78, 5) is 58.6. The Bertz CT molecular complexity index is 1920. The third kappa shape index (κ3) is 8.69. The number of nitrogens with one attached hydrogen (secondary N) is 1. The molecule has 4 aromatic carbocycles. The van der Waals surface area contributed by atoms with Crippen molar-refractivity contribution < 1.29 is 53.1 Å². The van der Waals surface area contributed by atoms with Crippen LogP contribution in [0.4, 0.5) is 17.1 Å². The highest BCUT2D eigenvalue weighted by atomic mass is 16.8. The first-order chi connectivity index (χ1) is 24.3. The van der Waals surface area contributed by atoms with Crippen LogP contribution in [0.1, 0.15) is 12.5 Å². The zero-order chi connectivity index (χ0) is 36.7. The summed E-state index contributed by atoms with van der Waals surface area (Å²) in [5.74, 6) is -6.31. The van der Waals surface area contributed by atoms with Gasteiger partial charge < -0.3 is 34.1 Å². The van der Waals surface area contributed by atoms with Gasteiger partial charge in [-0.05, 0) is 49.2 Å². The second-order valence-electron chi connectivity index (χ2n) is 11.1. The number of fused-ring (bicyclic) bond motifs is 1. The molecule has 18 heteroatoms. The quantitative estimate of drug-likeness (QED) is 0.0583. The van der Waals surface area contributed by atoms with Crippen LogP contribution >= 0.6 is 0 Å². The molecule has 5 rings (SSSR count). The number of nitro groups is 3. The van der Waals surface area contributed by atoms with E-state index < -0.39 is 50.0 Å². The highest BCUT2D eigenvalue weighted by molar-refractivity contribution is 6.05. The van der Waals surface area contributed by atoms with E-state index in [1.54, 1.807) is 6.07 Å². The number of carbonyl (C=O) groups is 2. The third-order valence-electron chi connectivity index (χ3n) is 7.25. The van der Waals surface area contributed by atoms with E-state index >= 15 is 0 Å². The van der Waals surface area contributed by atoms with Crippen molar-refractivity contribution in [3.05, 3.63) is 127 Å². The fraction of sp³-hybridized carbons (Fsp3) is 0.212. The van der Waals surface area contributed by atoms with E-state index in [1.807, 2.05) is 6.92 Å². The van der Waals surface area contributed by atoms with Gasteiger partial charge in [-0.1, -0.05) is 24.3 Å². The Hall–Kier alpha value is -6.66. The smallest absolute Gasteiger partial charge is 0.454 e. The second-order valence-corrected chi connectivity index (χ2v) is 11.1. The lowest BCUT2D eigenvalue weighted by atomic mass is 10.1. The lowest BCUT2D eigenvalue weighted by molar-refractivity contribution is -0.385. The van der Waals surface area contributed by atoms with Gasteiger partial charge in [0.05, 0.1) is 33.0 Å². The summed E-state index contributed by atoms with van der Waals surface area (Å²) in [5, 5.41) is 47.0. The van der Waals surface area contributed by atoms with Crippen LogP contribution in [0.15, 0.2) is 91.0 Å². The molecule has 0 aliphatic carbocycles. The van der Waals surface area contributed by atoms with Crippen molar-refractivity contribution in [2.75, 3.05) is 13.2 Å². The summed E-state index contributed by atoms with van der Waals surface area (Å²) in [7, 11) is 0. The summed E-state index contributed by atoms with van der Waals surface area (Å²) in [6.45, 7) is 1.80. The normalized spacial score (nSPS) is 13.8. The molecule has 1 aliphatic heterocycles. The molecule has 0 spiro atoms. The van der Waals surface area contributed by atoms with Gasteiger partial charge in [0.1, 0.15) is 30.0 Å². The molecule has 0 bridgehead atoms. The number of hydrogen-bond donors (Lipinski definition) is 2. The number of aliphatic hydroxyl groups excluding tert-OH is 1. The van der Waals surface area contributed by atoms with Crippen molar-refractivity contribution >= 4 is 29.0 Å². The molecule has 1 heterocycles. The molecule has 2 atom stereocenters. The minimum atomic E-state index is -2.91. The predicted molar refractivity (Wildman–Crippen MR) is 174 cm³/mol. The van der Waals surface area contributed by atoms with E-state index in [9.17, 15) is 45.0 Å². The number of aliphatic hydroxyl groups is 1. The van der Waals surface area contributed by atoms with Crippen LogP contribution in [0.25, 0.3) is 0 Å². The van der Waals surface area contributed by atoms with E-state index in [2.05, 4.69) is 5.32 Å². The minimum absolute atomic E-state index is 0.0555. The Morgan fingerprint density at radius 3 is 1.76 bits per heavy atom. The Morgan fingerprint density at radius 2 is 1.24 bits per heavy atom. The van der Waals surface area contributed by atoms with Crippen LogP contribution in [0.2, 0.25) is 0 Å². The van der Waals surface area contributed by atoms with Gasteiger partial charge in [-0.2, -0.15) is 0 Å². The van der Waals surface area contributed by atoms with Gasteiger partial charge in [-0.15, -0.1) is 0 Å². The van der Waals surface area contributed by atoms with Crippen LogP contribution in [-0.4, -0.2) is 62.9 Å². The van der Waals surface area contributed by atoms with Crippen LogP contribution in [0, 0.1) is 30.3 Å². The van der Waals surface area contributed by atoms with Crippen molar-refractivity contribution in [2.45, 2.75) is 31.3 Å². The van der Waals surface area contributed by atoms with Gasteiger partial charge in [0.25, 0.3) is 17.1 Å². The van der Waals surface area contributed by atoms with E-state index in [1.165, 1.54) is 60.7 Å². The first-order valence-corrected chi connectivity index (χ1v) is 15.1. The number of hydrogen-bond acceptors (Lipinski definition) is 15. The molecular weight excluding hydrogens is 676 g/mol. The first kappa shape index (κ1) is 35.6. The average molecular weight is 705 g/mol. The Labute approximate surface area is 287 Å². The van der Waals surface area contributed by atoms with Crippen LogP contribution < -0.4 is 29.0 Å². The largest absolute Gasteiger partial charge is 0.491 e. The van der Waals surface area contributed by atoms with Gasteiger partial charge in [-0.25, -0.2) is 9.59 Å². The molecule has 0 amide bonds. The molecule has 0 aromatic heterocycles. The number of rotatable bonds is 15. The lowest BCUT2D eigenvalue weighted by Gasteiger charge is -2.22. The molecule has 1 aliphatic rings. The van der Waals surface area contributed by atoms with E-state index in [4.69, 9.17) is 23.7 Å². The van der Waals surface area contributed by atoms with E-state index in [-0.39, 0.29) is 53.6 Å². The second kappa shape index (κ2) is 15.3. The number of nitro benzene ring substituents is 3. The lowest BCUT2D eigenvalue weighted by Crippen LogP contribution is -2.58. The van der Waals surface area contributed by atoms with Crippen molar-refractivity contribution in [2.24, 2.45) is 0 Å². The maximum atomic E-state index is 13.6. The number of nitrogens with zero attached hydrogens (tertiary/aromatic N) is 3. The van der Waals surface area contributed by atoms with Crippen LogP contribution in [-0.2, 0) is 16.0 Å². The SMILES string of the molecule is CC(Cc1ccc2c(c1)OC(C(=O)Oc1cccc([N+](=O)[O-])c1)(C(=O)Oc1cccc([N+](=O)[O-])c1)O2)NCC(O)COc1cccc([N+](=O)[O-])c1. The predicted octanol–water partition coefficient (Wildman–Crippen LogP) is 4.05. The molecule has 0 radical (unpaired) electrons. The van der Waals surface area contributed by atoms with Gasteiger partial charge >= 0.3 is 17.7 Å². The standard InChI is InChI=1S/C33H28N4O14/c1-20(34-18-25(38)19-47-26-8-2-5-22(15-26)35(41)42)13-21-11-12-29-30(14-21)51-33(50-29,31(39)48-27-9-3-6-23(16-27)36(43)44)32(40)49-28-10-4-7-24(17-28)37(45)46/h2-12,14-17,20,25,34,38H,13,18-19H2,1H3. The minimum Gasteiger partial charge on any atom is -0.491 e. The van der Waals surface area contributed by atoms with Crippen LogP contribution in [0.5, 0.6) is 28.7 Å². The number of carbonyl (C=O) groups excluding carboxylic acids is 2. The maximum absolute atomic E-state index is 13.6. The number of esters is 2. The average Bonchev–Trinajstić information content (AvgIpc) is 3.51. The zero-order valence-electron chi connectivity index (χ0n) is 26.5. The highest BCUT2D eigenvalue weighted by Gasteiger charge is 2.60. The highest BCUT2D eigenvalue weighted by Crippen LogP contribution is 2.42. The topological polar surface area (TPSA) is 242 Å². The monoisotopic (exact) mass is 704 g/mol. The summed E-state index contributed by atoms with van der Waals surface area (Å²) in [6.07, 6.45) is -0.601.